The van der Waals surface area contributed by atoms with E-state index in [9.17, 15) is 0 Å². The van der Waals surface area contributed by atoms with E-state index in [1.165, 1.54) is 0 Å². The lowest BCUT2D eigenvalue weighted by Crippen LogP contribution is -2.31. The maximum atomic E-state index is 5.38. The second kappa shape index (κ2) is 5.93. The van der Waals surface area contributed by atoms with E-state index in [-0.39, 0.29) is 0 Å². The molecule has 0 amide bonds. The van der Waals surface area contributed by atoms with Gasteiger partial charge in [-0.05, 0) is 20.4 Å². The second-order valence-electron chi connectivity index (χ2n) is 4.36. The van der Waals surface area contributed by atoms with Crippen LogP contribution in [0.2, 0.25) is 0 Å². The lowest BCUT2D eigenvalue weighted by Gasteiger charge is -2.22. The molecule has 0 bridgehead atoms. The van der Waals surface area contributed by atoms with Crippen LogP contribution in [0.1, 0.15) is 19.0 Å². The molecule has 1 saturated heterocycles. The van der Waals surface area contributed by atoms with E-state index >= 15 is 0 Å². The summed E-state index contributed by atoms with van der Waals surface area (Å²) in [5.41, 5.74) is 1.00. The van der Waals surface area contributed by atoms with Crippen molar-refractivity contribution in [1.29, 1.82) is 0 Å². The molecule has 0 spiro atoms. The van der Waals surface area contributed by atoms with E-state index in [0.717, 1.165) is 44.2 Å². The third-order valence-corrected chi connectivity index (χ3v) is 3.00. The van der Waals surface area contributed by atoms with Crippen molar-refractivity contribution in [3.63, 3.8) is 0 Å². The van der Waals surface area contributed by atoms with Crippen molar-refractivity contribution in [2.24, 2.45) is 0 Å². The summed E-state index contributed by atoms with van der Waals surface area (Å²) >= 11 is 0. The fraction of sp³-hybridized carbons (Fsp3) is 0.667. The first kappa shape index (κ1) is 12.3. The molecule has 0 saturated carbocycles. The molecule has 1 aromatic rings. The molecule has 1 aliphatic heterocycles. The minimum absolute atomic E-state index is 0.519. The molecule has 2 heterocycles. The van der Waals surface area contributed by atoms with Crippen LogP contribution in [0.15, 0.2) is 12.4 Å². The Morgan fingerprint density at radius 2 is 2.35 bits per heavy atom. The lowest BCUT2D eigenvalue weighted by atomic mass is 10.2. The first-order valence-corrected chi connectivity index (χ1v) is 6.12. The number of anilines is 1. The van der Waals surface area contributed by atoms with Gasteiger partial charge in [-0.15, -0.1) is 0 Å². The Labute approximate surface area is 102 Å². The largest absolute Gasteiger partial charge is 0.380 e. The van der Waals surface area contributed by atoms with Gasteiger partial charge in [0.2, 0.25) is 0 Å². The fourth-order valence-corrected chi connectivity index (χ4v) is 1.96. The highest BCUT2D eigenvalue weighted by atomic mass is 16.5. The van der Waals surface area contributed by atoms with Gasteiger partial charge < -0.3 is 10.1 Å². The summed E-state index contributed by atoms with van der Waals surface area (Å²) in [6.45, 7) is 5.45. The van der Waals surface area contributed by atoms with E-state index in [1.807, 2.05) is 13.1 Å². The van der Waals surface area contributed by atoms with Gasteiger partial charge in [0, 0.05) is 25.7 Å². The normalized spacial score (nSPS) is 19.8. The highest BCUT2D eigenvalue weighted by Gasteiger charge is 2.20. The summed E-state index contributed by atoms with van der Waals surface area (Å²) in [5.74, 6) is 0.836. The summed E-state index contributed by atoms with van der Waals surface area (Å²) in [6.07, 6.45) is 4.74. The van der Waals surface area contributed by atoms with Crippen LogP contribution in [0, 0.1) is 0 Å². The van der Waals surface area contributed by atoms with Crippen LogP contribution in [0.3, 0.4) is 0 Å². The summed E-state index contributed by atoms with van der Waals surface area (Å²) in [7, 11) is 2.11. The number of nitrogens with one attached hydrogen (secondary N) is 1. The molecule has 5 heteroatoms. The van der Waals surface area contributed by atoms with Crippen molar-refractivity contribution in [2.45, 2.75) is 25.9 Å². The van der Waals surface area contributed by atoms with Gasteiger partial charge in [-0.1, -0.05) is 0 Å². The van der Waals surface area contributed by atoms with Crippen molar-refractivity contribution in [2.75, 3.05) is 32.1 Å². The van der Waals surface area contributed by atoms with Crippen molar-refractivity contribution in [1.82, 2.24) is 14.9 Å². The molecule has 1 aromatic heterocycles. The van der Waals surface area contributed by atoms with Gasteiger partial charge in [0.05, 0.1) is 24.7 Å². The second-order valence-corrected chi connectivity index (χ2v) is 4.36. The molecule has 1 atom stereocenters. The van der Waals surface area contributed by atoms with Crippen LogP contribution in [0.25, 0.3) is 0 Å². The van der Waals surface area contributed by atoms with Crippen LogP contribution < -0.4 is 5.32 Å². The smallest absolute Gasteiger partial charge is 0.144 e. The van der Waals surface area contributed by atoms with Gasteiger partial charge in [0.1, 0.15) is 5.82 Å². The maximum Gasteiger partial charge on any atom is 0.144 e. The van der Waals surface area contributed by atoms with Gasteiger partial charge in [-0.25, -0.2) is 4.98 Å². The minimum Gasteiger partial charge on any atom is -0.380 e. The van der Waals surface area contributed by atoms with E-state index in [1.54, 1.807) is 6.20 Å². The first-order valence-electron chi connectivity index (χ1n) is 6.12. The van der Waals surface area contributed by atoms with E-state index in [4.69, 9.17) is 4.74 Å². The third-order valence-electron chi connectivity index (χ3n) is 3.00. The average Bonchev–Trinajstić information content (AvgIpc) is 2.86. The zero-order chi connectivity index (χ0) is 12.1. The quantitative estimate of drug-likeness (QED) is 0.830. The molecular formula is C12H20N4O. The molecule has 94 valence electrons. The van der Waals surface area contributed by atoms with Crippen molar-refractivity contribution < 1.29 is 4.74 Å². The Bertz CT molecular complexity index is 335. The standard InChI is InChI=1S/C12H20N4O/c1-3-13-12-7-14-10(6-15-12)8-16(2)11-4-5-17-9-11/h6-7,11H,3-5,8-9H2,1-2H3,(H,13,15). The van der Waals surface area contributed by atoms with E-state index < -0.39 is 0 Å². The number of ether oxygens (including phenoxy) is 1. The summed E-state index contributed by atoms with van der Waals surface area (Å²) < 4.78 is 5.38. The van der Waals surface area contributed by atoms with Gasteiger partial charge in [0.15, 0.2) is 0 Å². The summed E-state index contributed by atoms with van der Waals surface area (Å²) in [4.78, 5) is 11.0. The first-order chi connectivity index (χ1) is 8.29. The Balaban J connectivity index is 1.89. The minimum atomic E-state index is 0.519. The lowest BCUT2D eigenvalue weighted by molar-refractivity contribution is 0.155. The molecule has 0 aliphatic carbocycles. The van der Waals surface area contributed by atoms with Crippen LogP contribution >= 0.6 is 0 Å². The topological polar surface area (TPSA) is 50.3 Å². The number of hydrogen-bond acceptors (Lipinski definition) is 5. The molecule has 5 nitrogen and oxygen atoms in total. The molecule has 0 aromatic carbocycles. The Morgan fingerprint density at radius 1 is 1.47 bits per heavy atom. The van der Waals surface area contributed by atoms with Crippen molar-refractivity contribution >= 4 is 5.82 Å². The molecule has 1 unspecified atom stereocenters. The monoisotopic (exact) mass is 236 g/mol. The van der Waals surface area contributed by atoms with E-state index in [2.05, 4.69) is 27.2 Å². The summed E-state index contributed by atoms with van der Waals surface area (Å²) in [5, 5.41) is 3.14. The van der Waals surface area contributed by atoms with Crippen molar-refractivity contribution in [3.8, 4) is 0 Å². The van der Waals surface area contributed by atoms with E-state index in [0.29, 0.717) is 6.04 Å². The molecule has 17 heavy (non-hydrogen) atoms. The summed E-state index contributed by atoms with van der Waals surface area (Å²) in [6, 6.07) is 0.519. The number of likely N-dealkylation sites (N-methyl/N-ethyl adjacent to an activating group) is 1. The average molecular weight is 236 g/mol. The predicted molar refractivity (Wildman–Crippen MR) is 66.9 cm³/mol. The van der Waals surface area contributed by atoms with Gasteiger partial charge in [-0.3, -0.25) is 9.88 Å². The molecule has 0 radical (unpaired) electrons. The Kier molecular flexibility index (Phi) is 4.28. The Hall–Kier alpha value is -1.20. The zero-order valence-corrected chi connectivity index (χ0v) is 10.5. The van der Waals surface area contributed by atoms with Crippen LogP contribution in [-0.2, 0) is 11.3 Å². The number of hydrogen-bond donors (Lipinski definition) is 1. The number of rotatable bonds is 5. The Morgan fingerprint density at radius 3 is 2.94 bits per heavy atom. The highest BCUT2D eigenvalue weighted by Crippen LogP contribution is 2.13. The van der Waals surface area contributed by atoms with Gasteiger partial charge >= 0.3 is 0 Å². The van der Waals surface area contributed by atoms with Crippen LogP contribution in [0.4, 0.5) is 5.82 Å². The molecule has 1 N–H and O–H groups in total. The van der Waals surface area contributed by atoms with Crippen LogP contribution in [-0.4, -0.2) is 47.7 Å². The third kappa shape index (κ3) is 3.38. The molecule has 1 fully saturated rings. The van der Waals surface area contributed by atoms with Crippen LogP contribution in [0.5, 0.6) is 0 Å². The zero-order valence-electron chi connectivity index (χ0n) is 10.5. The van der Waals surface area contributed by atoms with Gasteiger partial charge in [-0.2, -0.15) is 0 Å². The molecule has 2 rings (SSSR count). The number of aromatic nitrogens is 2. The maximum absolute atomic E-state index is 5.38. The molecular weight excluding hydrogens is 216 g/mol. The molecule has 1 aliphatic rings. The highest BCUT2D eigenvalue weighted by molar-refractivity contribution is 5.30. The SMILES string of the molecule is CCNc1cnc(CN(C)C2CCOC2)cn1. The van der Waals surface area contributed by atoms with Crippen molar-refractivity contribution in [3.05, 3.63) is 18.1 Å². The fourth-order valence-electron chi connectivity index (χ4n) is 1.96. The number of nitrogens with zero attached hydrogens (tertiary/aromatic N) is 3. The predicted octanol–water partition coefficient (Wildman–Crippen LogP) is 1.13. The van der Waals surface area contributed by atoms with Gasteiger partial charge in [0.25, 0.3) is 0 Å².